The van der Waals surface area contributed by atoms with Crippen LogP contribution in [0.4, 0.5) is 0 Å². The van der Waals surface area contributed by atoms with Gasteiger partial charge in [0.1, 0.15) is 0 Å². The molecule has 6 nitrogen and oxygen atoms in total. The number of amides is 1. The topological polar surface area (TPSA) is 78.9 Å². The molecule has 2 aliphatic rings. The third kappa shape index (κ3) is 2.96. The molecule has 2 N–H and O–H groups in total. The van der Waals surface area contributed by atoms with Crippen molar-refractivity contribution in [1.82, 2.24) is 10.2 Å². The number of piperidine rings is 1. The Bertz CT molecular complexity index is 387. The van der Waals surface area contributed by atoms with Crippen LogP contribution in [0, 0.1) is 11.3 Å². The van der Waals surface area contributed by atoms with Crippen LogP contribution in [0.25, 0.3) is 0 Å². The number of hydrogen-bond donors (Lipinski definition) is 2. The van der Waals surface area contributed by atoms with E-state index in [2.05, 4.69) is 5.32 Å². The van der Waals surface area contributed by atoms with E-state index in [9.17, 15) is 14.7 Å². The van der Waals surface area contributed by atoms with Gasteiger partial charge in [0.25, 0.3) is 0 Å². The van der Waals surface area contributed by atoms with Crippen molar-refractivity contribution < 1.29 is 19.4 Å². The zero-order valence-electron chi connectivity index (χ0n) is 12.2. The number of rotatable bonds is 4. The van der Waals surface area contributed by atoms with Crippen LogP contribution in [0.5, 0.6) is 0 Å². The molecule has 6 heteroatoms. The summed E-state index contributed by atoms with van der Waals surface area (Å²) < 4.78 is 5.41. The zero-order valence-corrected chi connectivity index (χ0v) is 12.2. The normalized spacial score (nSPS) is 34.2. The fraction of sp³-hybridized carbons (Fsp3) is 0.857. The second-order valence-corrected chi connectivity index (χ2v) is 6.04. The van der Waals surface area contributed by atoms with Gasteiger partial charge in [-0.2, -0.15) is 0 Å². The minimum absolute atomic E-state index is 0.0284. The largest absolute Gasteiger partial charge is 0.481 e. The molecule has 0 bridgehead atoms. The molecular weight excluding hydrogens is 260 g/mol. The Balaban J connectivity index is 2.03. The first kappa shape index (κ1) is 15.3. The number of nitrogens with one attached hydrogen (secondary N) is 1. The van der Waals surface area contributed by atoms with E-state index in [1.165, 1.54) is 0 Å². The standard InChI is InChI=1S/C14H24N2O4/c1-3-15-11-8-20-7-10(11)12(17)16-6-4-5-14(2,9-16)13(18)19/h10-11,15H,3-9H2,1-2H3,(H,18,19). The van der Waals surface area contributed by atoms with Crippen molar-refractivity contribution in [2.75, 3.05) is 32.8 Å². The highest BCUT2D eigenvalue weighted by Crippen LogP contribution is 2.31. The number of ether oxygens (including phenoxy) is 1. The quantitative estimate of drug-likeness (QED) is 0.777. The number of carbonyl (C=O) groups excluding carboxylic acids is 1. The molecule has 0 aliphatic carbocycles. The fourth-order valence-electron chi connectivity index (χ4n) is 3.10. The van der Waals surface area contributed by atoms with E-state index in [0.29, 0.717) is 32.7 Å². The minimum Gasteiger partial charge on any atom is -0.481 e. The fourth-order valence-corrected chi connectivity index (χ4v) is 3.10. The second-order valence-electron chi connectivity index (χ2n) is 6.04. The smallest absolute Gasteiger partial charge is 0.311 e. The highest BCUT2D eigenvalue weighted by Gasteiger charge is 2.43. The summed E-state index contributed by atoms with van der Waals surface area (Å²) in [5.74, 6) is -0.979. The van der Waals surface area contributed by atoms with Crippen LogP contribution in [-0.2, 0) is 14.3 Å². The molecule has 2 fully saturated rings. The first-order valence-electron chi connectivity index (χ1n) is 7.31. The number of likely N-dealkylation sites (N-methyl/N-ethyl adjacent to an activating group) is 1. The summed E-state index contributed by atoms with van der Waals surface area (Å²) in [4.78, 5) is 25.7. The maximum Gasteiger partial charge on any atom is 0.311 e. The van der Waals surface area contributed by atoms with E-state index in [1.807, 2.05) is 6.92 Å². The molecule has 3 atom stereocenters. The number of aliphatic carboxylic acids is 1. The van der Waals surface area contributed by atoms with Crippen molar-refractivity contribution in [2.45, 2.75) is 32.7 Å². The van der Waals surface area contributed by atoms with Gasteiger partial charge in [-0.05, 0) is 26.3 Å². The van der Waals surface area contributed by atoms with Crippen LogP contribution in [0.3, 0.4) is 0 Å². The van der Waals surface area contributed by atoms with Crippen LogP contribution in [0.2, 0.25) is 0 Å². The Morgan fingerprint density at radius 1 is 1.45 bits per heavy atom. The Hall–Kier alpha value is -1.14. The monoisotopic (exact) mass is 284 g/mol. The van der Waals surface area contributed by atoms with Gasteiger partial charge in [-0.1, -0.05) is 6.92 Å². The second kappa shape index (κ2) is 6.10. The van der Waals surface area contributed by atoms with Gasteiger partial charge in [-0.15, -0.1) is 0 Å². The van der Waals surface area contributed by atoms with Gasteiger partial charge in [-0.25, -0.2) is 0 Å². The lowest BCUT2D eigenvalue weighted by atomic mass is 9.81. The predicted octanol–water partition coefficient (Wildman–Crippen LogP) is 0.324. The van der Waals surface area contributed by atoms with Crippen molar-refractivity contribution >= 4 is 11.9 Å². The maximum absolute atomic E-state index is 12.6. The van der Waals surface area contributed by atoms with E-state index >= 15 is 0 Å². The van der Waals surface area contributed by atoms with E-state index in [1.54, 1.807) is 11.8 Å². The first-order chi connectivity index (χ1) is 9.48. The number of nitrogens with zero attached hydrogens (tertiary/aromatic N) is 1. The number of carboxylic acids is 1. The molecule has 3 unspecified atom stereocenters. The molecule has 0 radical (unpaired) electrons. The van der Waals surface area contributed by atoms with Crippen molar-refractivity contribution in [1.29, 1.82) is 0 Å². The molecule has 0 saturated carbocycles. The van der Waals surface area contributed by atoms with Gasteiger partial charge in [0, 0.05) is 19.1 Å². The molecule has 2 aliphatic heterocycles. The third-order valence-electron chi connectivity index (χ3n) is 4.39. The molecule has 1 amide bonds. The molecule has 2 rings (SSSR count). The van der Waals surface area contributed by atoms with Crippen molar-refractivity contribution in [3.05, 3.63) is 0 Å². The van der Waals surface area contributed by atoms with E-state index < -0.39 is 11.4 Å². The average molecular weight is 284 g/mol. The number of carbonyl (C=O) groups is 2. The number of hydrogen-bond acceptors (Lipinski definition) is 4. The average Bonchev–Trinajstić information content (AvgIpc) is 2.86. The maximum atomic E-state index is 12.6. The summed E-state index contributed by atoms with van der Waals surface area (Å²) in [7, 11) is 0. The highest BCUT2D eigenvalue weighted by molar-refractivity contribution is 5.82. The van der Waals surface area contributed by atoms with Gasteiger partial charge in [0.05, 0.1) is 24.5 Å². The summed E-state index contributed by atoms with van der Waals surface area (Å²) in [6.45, 7) is 6.45. The van der Waals surface area contributed by atoms with Crippen LogP contribution in [0.15, 0.2) is 0 Å². The minimum atomic E-state index is -0.819. The predicted molar refractivity (Wildman–Crippen MR) is 73.3 cm³/mol. The van der Waals surface area contributed by atoms with Gasteiger partial charge in [0.15, 0.2) is 0 Å². The molecule has 0 aromatic rings. The Morgan fingerprint density at radius 2 is 2.20 bits per heavy atom. The lowest BCUT2D eigenvalue weighted by molar-refractivity contribution is -0.154. The zero-order chi connectivity index (χ0) is 14.8. The SMILES string of the molecule is CCNC1COCC1C(=O)N1CCCC(C)(C(=O)O)C1. The number of carboxylic acid groups (broad SMARTS) is 1. The van der Waals surface area contributed by atoms with E-state index in [-0.39, 0.29) is 17.9 Å². The lowest BCUT2D eigenvalue weighted by Gasteiger charge is -2.39. The van der Waals surface area contributed by atoms with Gasteiger partial charge >= 0.3 is 5.97 Å². The molecule has 2 heterocycles. The molecule has 0 aromatic heterocycles. The van der Waals surface area contributed by atoms with Gasteiger partial charge < -0.3 is 20.1 Å². The summed E-state index contributed by atoms with van der Waals surface area (Å²) in [6.07, 6.45) is 1.37. The van der Waals surface area contributed by atoms with E-state index in [4.69, 9.17) is 4.74 Å². The Kier molecular flexibility index (Phi) is 4.65. The molecule has 2 saturated heterocycles. The Labute approximate surface area is 119 Å². The molecule has 114 valence electrons. The van der Waals surface area contributed by atoms with Crippen LogP contribution < -0.4 is 5.32 Å². The summed E-state index contributed by atoms with van der Waals surface area (Å²) in [6, 6.07) is 0.0468. The van der Waals surface area contributed by atoms with Crippen molar-refractivity contribution in [3.63, 3.8) is 0 Å². The first-order valence-corrected chi connectivity index (χ1v) is 7.31. The van der Waals surface area contributed by atoms with Crippen LogP contribution in [0.1, 0.15) is 26.7 Å². The molecule has 0 aromatic carbocycles. The summed E-state index contributed by atoms with van der Waals surface area (Å²) >= 11 is 0. The molecule has 0 spiro atoms. The van der Waals surface area contributed by atoms with Gasteiger partial charge in [0.2, 0.25) is 5.91 Å². The van der Waals surface area contributed by atoms with Crippen molar-refractivity contribution in [3.8, 4) is 0 Å². The lowest BCUT2D eigenvalue weighted by Crippen LogP contribution is -2.52. The van der Waals surface area contributed by atoms with E-state index in [0.717, 1.165) is 13.0 Å². The summed E-state index contributed by atoms with van der Waals surface area (Å²) in [5.41, 5.74) is -0.818. The van der Waals surface area contributed by atoms with Gasteiger partial charge in [-0.3, -0.25) is 9.59 Å². The highest BCUT2D eigenvalue weighted by atomic mass is 16.5. The number of likely N-dealkylation sites (tertiary alicyclic amines) is 1. The van der Waals surface area contributed by atoms with Crippen LogP contribution in [-0.4, -0.2) is 60.8 Å². The molecular formula is C14H24N2O4. The third-order valence-corrected chi connectivity index (χ3v) is 4.39. The van der Waals surface area contributed by atoms with Crippen molar-refractivity contribution in [2.24, 2.45) is 11.3 Å². The summed E-state index contributed by atoms with van der Waals surface area (Å²) in [5, 5.41) is 12.6. The Morgan fingerprint density at radius 3 is 2.85 bits per heavy atom. The molecule has 20 heavy (non-hydrogen) atoms. The van der Waals surface area contributed by atoms with Crippen LogP contribution >= 0.6 is 0 Å².